The molecule has 0 fully saturated rings. The van der Waals surface area contributed by atoms with Crippen LogP contribution in [0.2, 0.25) is 0 Å². The Hall–Kier alpha value is -1.81. The van der Waals surface area contributed by atoms with Crippen molar-refractivity contribution in [3.05, 3.63) is 24.3 Å². The quantitative estimate of drug-likeness (QED) is 0.825. The molecule has 0 aliphatic carbocycles. The Morgan fingerprint density at radius 1 is 1.27 bits per heavy atom. The first kappa shape index (κ1) is 18.2. The Balaban J connectivity index is 3.21. The standard InChI is InChI=1S/C12H14F3NO5S/c1-7(2)10(11(17)18)16-22(19,20)9-6-4-3-5-8(9)21-12(13,14)15/h3-7,10,16H,1-2H3,(H,17,18)/t10-/m1/s1. The molecule has 0 radical (unpaired) electrons. The molecule has 22 heavy (non-hydrogen) atoms. The first-order valence-corrected chi connectivity index (χ1v) is 7.52. The van der Waals surface area contributed by atoms with Crippen LogP contribution in [-0.2, 0) is 14.8 Å². The Kier molecular flexibility index (Phi) is 5.41. The van der Waals surface area contributed by atoms with Crippen molar-refractivity contribution >= 4 is 16.0 Å². The molecule has 0 unspecified atom stereocenters. The van der Waals surface area contributed by atoms with Gasteiger partial charge in [0.2, 0.25) is 10.0 Å². The number of hydrogen-bond acceptors (Lipinski definition) is 4. The fourth-order valence-corrected chi connectivity index (χ4v) is 3.05. The van der Waals surface area contributed by atoms with Gasteiger partial charge >= 0.3 is 12.3 Å². The molecule has 1 atom stereocenters. The van der Waals surface area contributed by atoms with E-state index in [0.29, 0.717) is 0 Å². The lowest BCUT2D eigenvalue weighted by Crippen LogP contribution is -2.44. The summed E-state index contributed by atoms with van der Waals surface area (Å²) < 4.78 is 66.7. The summed E-state index contributed by atoms with van der Waals surface area (Å²) in [5.74, 6) is -2.98. The predicted octanol–water partition coefficient (Wildman–Crippen LogP) is 1.97. The van der Waals surface area contributed by atoms with Crippen LogP contribution in [0.5, 0.6) is 5.75 Å². The minimum absolute atomic E-state index is 0.608. The van der Waals surface area contributed by atoms with Crippen LogP contribution >= 0.6 is 0 Å². The number of sulfonamides is 1. The van der Waals surface area contributed by atoms with E-state index < -0.39 is 45.0 Å². The molecule has 0 aliphatic heterocycles. The molecule has 0 saturated heterocycles. The lowest BCUT2D eigenvalue weighted by molar-refractivity contribution is -0.275. The summed E-state index contributed by atoms with van der Waals surface area (Å²) in [4.78, 5) is 10.2. The summed E-state index contributed by atoms with van der Waals surface area (Å²) in [6, 6.07) is 2.60. The summed E-state index contributed by atoms with van der Waals surface area (Å²) in [6.07, 6.45) is -5.07. The summed E-state index contributed by atoms with van der Waals surface area (Å²) in [6.45, 7) is 2.92. The van der Waals surface area contributed by atoms with Crippen molar-refractivity contribution < 1.29 is 36.2 Å². The van der Waals surface area contributed by atoms with Crippen LogP contribution in [0, 0.1) is 5.92 Å². The average molecular weight is 341 g/mol. The molecule has 124 valence electrons. The Bertz CT molecular complexity index is 642. The molecule has 0 aromatic heterocycles. The van der Waals surface area contributed by atoms with Crippen molar-refractivity contribution in [3.63, 3.8) is 0 Å². The highest BCUT2D eigenvalue weighted by Gasteiger charge is 2.35. The topological polar surface area (TPSA) is 92.7 Å². The van der Waals surface area contributed by atoms with Gasteiger partial charge in [0.1, 0.15) is 16.7 Å². The van der Waals surface area contributed by atoms with Crippen LogP contribution in [0.3, 0.4) is 0 Å². The SMILES string of the molecule is CC(C)[C@@H](NS(=O)(=O)c1ccccc1OC(F)(F)F)C(=O)O. The van der Waals surface area contributed by atoms with Crippen molar-refractivity contribution in [3.8, 4) is 5.75 Å². The number of para-hydroxylation sites is 1. The smallest absolute Gasteiger partial charge is 0.480 e. The third-order valence-electron chi connectivity index (χ3n) is 2.58. The molecule has 0 heterocycles. The highest BCUT2D eigenvalue weighted by atomic mass is 32.2. The summed E-state index contributed by atoms with van der Waals surface area (Å²) in [7, 11) is -4.51. The van der Waals surface area contributed by atoms with Gasteiger partial charge < -0.3 is 9.84 Å². The first-order valence-electron chi connectivity index (χ1n) is 6.04. The molecular weight excluding hydrogens is 327 g/mol. The van der Waals surface area contributed by atoms with Crippen LogP contribution in [0.25, 0.3) is 0 Å². The van der Waals surface area contributed by atoms with Crippen LogP contribution < -0.4 is 9.46 Å². The molecule has 10 heteroatoms. The van der Waals surface area contributed by atoms with Gasteiger partial charge in [-0.25, -0.2) is 8.42 Å². The maximum absolute atomic E-state index is 12.3. The number of carboxylic acid groups (broad SMARTS) is 1. The highest BCUT2D eigenvalue weighted by Crippen LogP contribution is 2.29. The minimum Gasteiger partial charge on any atom is -0.480 e. The van der Waals surface area contributed by atoms with E-state index in [9.17, 15) is 26.4 Å². The normalized spacial score (nSPS) is 13.9. The van der Waals surface area contributed by atoms with Crippen molar-refractivity contribution in [1.82, 2.24) is 4.72 Å². The largest absolute Gasteiger partial charge is 0.573 e. The van der Waals surface area contributed by atoms with Crippen molar-refractivity contribution in [2.24, 2.45) is 5.92 Å². The number of halogens is 3. The molecule has 1 rings (SSSR count). The van der Waals surface area contributed by atoms with Gasteiger partial charge in [0, 0.05) is 0 Å². The van der Waals surface area contributed by atoms with Crippen LogP contribution in [0.15, 0.2) is 29.2 Å². The number of carbonyl (C=O) groups is 1. The average Bonchev–Trinajstić information content (AvgIpc) is 2.34. The van der Waals surface area contributed by atoms with Gasteiger partial charge in [0.15, 0.2) is 0 Å². The summed E-state index contributed by atoms with van der Waals surface area (Å²) in [5.41, 5.74) is 0. The Morgan fingerprint density at radius 3 is 2.27 bits per heavy atom. The zero-order chi connectivity index (χ0) is 17.1. The van der Waals surface area contributed by atoms with Crippen molar-refractivity contribution in [1.29, 1.82) is 0 Å². The van der Waals surface area contributed by atoms with Gasteiger partial charge in [-0.3, -0.25) is 4.79 Å². The number of rotatable bonds is 6. The van der Waals surface area contributed by atoms with E-state index in [0.717, 1.165) is 18.2 Å². The molecule has 0 aliphatic rings. The molecular formula is C12H14F3NO5S. The number of alkyl halides is 3. The van der Waals surface area contributed by atoms with E-state index in [-0.39, 0.29) is 0 Å². The maximum atomic E-state index is 12.3. The number of carboxylic acids is 1. The molecule has 1 aromatic rings. The molecule has 2 N–H and O–H groups in total. The lowest BCUT2D eigenvalue weighted by Gasteiger charge is -2.19. The number of hydrogen-bond donors (Lipinski definition) is 2. The van der Waals surface area contributed by atoms with Crippen LogP contribution in [0.1, 0.15) is 13.8 Å². The molecule has 0 saturated carbocycles. The molecule has 0 bridgehead atoms. The lowest BCUT2D eigenvalue weighted by atomic mass is 10.1. The van der Waals surface area contributed by atoms with Gasteiger partial charge in [-0.05, 0) is 18.1 Å². The second kappa shape index (κ2) is 6.53. The minimum atomic E-state index is -5.07. The molecule has 0 spiro atoms. The zero-order valence-corrected chi connectivity index (χ0v) is 12.4. The summed E-state index contributed by atoms with van der Waals surface area (Å²) in [5, 5.41) is 8.97. The third-order valence-corrected chi connectivity index (χ3v) is 4.06. The van der Waals surface area contributed by atoms with E-state index in [2.05, 4.69) is 4.74 Å². The maximum Gasteiger partial charge on any atom is 0.573 e. The van der Waals surface area contributed by atoms with Gasteiger partial charge in [0.05, 0.1) is 0 Å². The van der Waals surface area contributed by atoms with Gasteiger partial charge in [-0.2, -0.15) is 4.72 Å². The number of benzene rings is 1. The fraction of sp³-hybridized carbons (Fsp3) is 0.417. The third kappa shape index (κ3) is 4.88. The van der Waals surface area contributed by atoms with E-state index >= 15 is 0 Å². The molecule has 1 aromatic carbocycles. The van der Waals surface area contributed by atoms with E-state index in [1.54, 1.807) is 0 Å². The Morgan fingerprint density at radius 2 is 1.82 bits per heavy atom. The highest BCUT2D eigenvalue weighted by molar-refractivity contribution is 7.89. The van der Waals surface area contributed by atoms with Gasteiger partial charge in [0.25, 0.3) is 0 Å². The first-order chi connectivity index (χ1) is 9.94. The monoisotopic (exact) mass is 341 g/mol. The fourth-order valence-electron chi connectivity index (χ4n) is 1.58. The summed E-state index contributed by atoms with van der Waals surface area (Å²) >= 11 is 0. The van der Waals surface area contributed by atoms with E-state index in [4.69, 9.17) is 5.11 Å². The number of nitrogens with one attached hydrogen (secondary N) is 1. The van der Waals surface area contributed by atoms with Gasteiger partial charge in [-0.1, -0.05) is 26.0 Å². The second-order valence-electron chi connectivity index (χ2n) is 4.68. The predicted molar refractivity (Wildman–Crippen MR) is 69.7 cm³/mol. The van der Waals surface area contributed by atoms with Crippen molar-refractivity contribution in [2.45, 2.75) is 31.1 Å². The number of aliphatic carboxylic acids is 1. The molecule has 6 nitrogen and oxygen atoms in total. The van der Waals surface area contributed by atoms with E-state index in [1.165, 1.54) is 19.9 Å². The second-order valence-corrected chi connectivity index (χ2v) is 6.36. The molecule has 0 amide bonds. The van der Waals surface area contributed by atoms with E-state index in [1.807, 2.05) is 4.72 Å². The van der Waals surface area contributed by atoms with Crippen LogP contribution in [-0.4, -0.2) is 31.9 Å². The Labute approximate surface area is 124 Å². The van der Waals surface area contributed by atoms with Crippen molar-refractivity contribution in [2.75, 3.05) is 0 Å². The van der Waals surface area contributed by atoms with Crippen LogP contribution in [0.4, 0.5) is 13.2 Å². The zero-order valence-electron chi connectivity index (χ0n) is 11.6. The number of ether oxygens (including phenoxy) is 1. The van der Waals surface area contributed by atoms with Gasteiger partial charge in [-0.15, -0.1) is 13.2 Å².